The van der Waals surface area contributed by atoms with Gasteiger partial charge in [0.2, 0.25) is 0 Å². The Bertz CT molecular complexity index is 616. The smallest absolute Gasteiger partial charge is 0.0898 e. The van der Waals surface area contributed by atoms with Crippen LogP contribution in [0.25, 0.3) is 0 Å². The summed E-state index contributed by atoms with van der Waals surface area (Å²) in [5, 5.41) is 0. The molecule has 2 aromatic rings. The molecule has 0 amide bonds. The number of ether oxygens (including phenoxy) is 2. The molecule has 2 aromatic carbocycles. The quantitative estimate of drug-likeness (QED) is 0.717. The van der Waals surface area contributed by atoms with Gasteiger partial charge in [-0.2, -0.15) is 0 Å². The first-order valence-electron chi connectivity index (χ1n) is 7.42. The Morgan fingerprint density at radius 1 is 0.500 bits per heavy atom. The number of hydrogen-bond acceptors (Lipinski definition) is 2. The van der Waals surface area contributed by atoms with E-state index in [1.807, 2.05) is 0 Å². The summed E-state index contributed by atoms with van der Waals surface area (Å²) in [7, 11) is 0. The van der Waals surface area contributed by atoms with Crippen molar-refractivity contribution >= 4 is 0 Å². The minimum absolute atomic E-state index is 0.240. The van der Waals surface area contributed by atoms with Gasteiger partial charge in [0, 0.05) is 11.8 Å². The first-order chi connectivity index (χ1) is 9.93. The Kier molecular flexibility index (Phi) is 1.60. The van der Waals surface area contributed by atoms with Gasteiger partial charge in [0.15, 0.2) is 0 Å². The fourth-order valence-corrected chi connectivity index (χ4v) is 4.98. The topological polar surface area (TPSA) is 18.5 Å². The van der Waals surface area contributed by atoms with Gasteiger partial charge in [-0.1, -0.05) is 48.5 Å². The fraction of sp³-hybridized carbons (Fsp3) is 0.333. The molecule has 2 unspecified atom stereocenters. The van der Waals surface area contributed by atoms with Crippen LogP contribution >= 0.6 is 0 Å². The molecule has 0 spiro atoms. The minimum atomic E-state index is 0.240. The van der Waals surface area contributed by atoms with Crippen molar-refractivity contribution in [3.05, 3.63) is 70.8 Å². The highest BCUT2D eigenvalue weighted by atomic mass is 16.5. The molecule has 6 rings (SSSR count). The molecule has 2 heteroatoms. The van der Waals surface area contributed by atoms with Crippen LogP contribution < -0.4 is 0 Å². The molecular weight excluding hydrogens is 248 g/mol. The van der Waals surface area contributed by atoms with E-state index in [0.29, 0.717) is 11.8 Å². The molecule has 4 aliphatic heterocycles. The Morgan fingerprint density at radius 2 is 0.800 bits per heavy atom. The molecule has 0 radical (unpaired) electrons. The first-order valence-corrected chi connectivity index (χ1v) is 7.42. The molecule has 4 heterocycles. The Hall–Kier alpha value is -1.64. The average molecular weight is 262 g/mol. The molecule has 4 aliphatic rings. The van der Waals surface area contributed by atoms with Crippen LogP contribution in [0.15, 0.2) is 48.5 Å². The van der Waals surface area contributed by atoms with Crippen molar-refractivity contribution in [1.29, 1.82) is 0 Å². The van der Waals surface area contributed by atoms with Crippen molar-refractivity contribution in [2.24, 2.45) is 11.8 Å². The van der Waals surface area contributed by atoms with E-state index in [-0.39, 0.29) is 24.4 Å². The summed E-state index contributed by atoms with van der Waals surface area (Å²) in [5.74, 6) is 1.02. The van der Waals surface area contributed by atoms with Crippen LogP contribution in [0.4, 0.5) is 0 Å². The minimum Gasteiger partial charge on any atom is -0.365 e. The predicted octanol–water partition coefficient (Wildman–Crippen LogP) is 3.87. The van der Waals surface area contributed by atoms with Crippen molar-refractivity contribution in [3.8, 4) is 0 Å². The van der Waals surface area contributed by atoms with Crippen LogP contribution in [0.2, 0.25) is 0 Å². The van der Waals surface area contributed by atoms with Crippen LogP contribution in [0.5, 0.6) is 0 Å². The molecule has 0 aliphatic carbocycles. The normalized spacial score (nSPS) is 41.6. The van der Waals surface area contributed by atoms with Crippen LogP contribution in [0.3, 0.4) is 0 Å². The summed E-state index contributed by atoms with van der Waals surface area (Å²) >= 11 is 0. The van der Waals surface area contributed by atoms with E-state index in [2.05, 4.69) is 48.5 Å². The van der Waals surface area contributed by atoms with Crippen molar-refractivity contribution < 1.29 is 9.47 Å². The maximum Gasteiger partial charge on any atom is 0.0898 e. The molecule has 4 bridgehead atoms. The highest BCUT2D eigenvalue weighted by Gasteiger charge is 2.65. The third-order valence-electron chi connectivity index (χ3n) is 5.65. The molecule has 0 N–H and O–H groups in total. The summed E-state index contributed by atoms with van der Waals surface area (Å²) in [6.45, 7) is 0. The van der Waals surface area contributed by atoms with Gasteiger partial charge in [-0.05, 0) is 22.3 Å². The number of hydrogen-bond donors (Lipinski definition) is 0. The van der Waals surface area contributed by atoms with E-state index in [1.165, 1.54) is 22.3 Å². The molecular formula is C18H14O2. The van der Waals surface area contributed by atoms with Crippen molar-refractivity contribution in [2.45, 2.75) is 24.4 Å². The van der Waals surface area contributed by atoms with Crippen LogP contribution in [-0.2, 0) is 9.47 Å². The van der Waals surface area contributed by atoms with Gasteiger partial charge in [-0.15, -0.1) is 0 Å². The van der Waals surface area contributed by atoms with E-state index in [0.717, 1.165) is 0 Å². The van der Waals surface area contributed by atoms with E-state index in [9.17, 15) is 0 Å². The van der Waals surface area contributed by atoms with E-state index >= 15 is 0 Å². The molecule has 2 nitrogen and oxygen atoms in total. The zero-order valence-corrected chi connectivity index (χ0v) is 10.9. The Balaban J connectivity index is 1.57. The number of benzene rings is 2. The van der Waals surface area contributed by atoms with Crippen LogP contribution in [-0.4, -0.2) is 0 Å². The summed E-state index contributed by atoms with van der Waals surface area (Å²) in [6.07, 6.45) is 0.961. The molecule has 2 fully saturated rings. The average Bonchev–Trinajstić information content (AvgIpc) is 3.23. The molecule has 98 valence electrons. The van der Waals surface area contributed by atoms with Gasteiger partial charge in [-0.3, -0.25) is 0 Å². The van der Waals surface area contributed by atoms with Gasteiger partial charge in [0.1, 0.15) is 0 Å². The lowest BCUT2D eigenvalue weighted by Gasteiger charge is -2.31. The largest absolute Gasteiger partial charge is 0.365 e. The third kappa shape index (κ3) is 0.932. The lowest BCUT2D eigenvalue weighted by Crippen LogP contribution is -2.26. The molecule has 2 saturated heterocycles. The molecule has 20 heavy (non-hydrogen) atoms. The van der Waals surface area contributed by atoms with E-state index < -0.39 is 0 Å². The van der Waals surface area contributed by atoms with Gasteiger partial charge >= 0.3 is 0 Å². The zero-order valence-electron chi connectivity index (χ0n) is 10.9. The maximum absolute atomic E-state index is 6.34. The van der Waals surface area contributed by atoms with Crippen molar-refractivity contribution in [1.82, 2.24) is 0 Å². The first kappa shape index (κ1) is 10.1. The standard InChI is InChI=1S/C18H14O2/c1-2-6-10-9(5-1)15-13-14(16(10)19-15)18-12-8-4-3-7-11(12)17(13)20-18/h1-8,13-18H/t13?,14?,15-,16+,17+,18-. The molecule has 0 saturated carbocycles. The summed E-state index contributed by atoms with van der Waals surface area (Å²) in [5.41, 5.74) is 5.58. The lowest BCUT2D eigenvalue weighted by atomic mass is 9.67. The lowest BCUT2D eigenvalue weighted by molar-refractivity contribution is -0.0291. The Labute approximate surface area is 117 Å². The second kappa shape index (κ2) is 3.16. The van der Waals surface area contributed by atoms with E-state index in [1.54, 1.807) is 0 Å². The van der Waals surface area contributed by atoms with E-state index in [4.69, 9.17) is 9.47 Å². The monoisotopic (exact) mass is 262 g/mol. The Morgan fingerprint density at radius 3 is 1.10 bits per heavy atom. The third-order valence-corrected chi connectivity index (χ3v) is 5.65. The summed E-state index contributed by atoms with van der Waals surface area (Å²) in [6, 6.07) is 17.4. The highest BCUT2D eigenvalue weighted by Crippen LogP contribution is 2.72. The van der Waals surface area contributed by atoms with Crippen LogP contribution in [0.1, 0.15) is 46.7 Å². The predicted molar refractivity (Wildman–Crippen MR) is 73.0 cm³/mol. The summed E-state index contributed by atoms with van der Waals surface area (Å²) < 4.78 is 12.7. The fourth-order valence-electron chi connectivity index (χ4n) is 4.98. The zero-order chi connectivity index (χ0) is 12.8. The molecule has 6 atom stereocenters. The molecule has 0 aromatic heterocycles. The summed E-state index contributed by atoms with van der Waals surface area (Å²) in [4.78, 5) is 0. The second-order valence-corrected chi connectivity index (χ2v) is 6.37. The van der Waals surface area contributed by atoms with Gasteiger partial charge < -0.3 is 9.47 Å². The second-order valence-electron chi connectivity index (χ2n) is 6.37. The van der Waals surface area contributed by atoms with Crippen molar-refractivity contribution in [3.63, 3.8) is 0 Å². The van der Waals surface area contributed by atoms with Crippen LogP contribution in [0, 0.1) is 11.8 Å². The highest BCUT2D eigenvalue weighted by molar-refractivity contribution is 5.46. The SMILES string of the molecule is c1ccc2c(c1)[C@H]1O[C@@H]2C2C1[C@H]1O[C@@H]2c2ccccc21. The van der Waals surface area contributed by atoms with Gasteiger partial charge in [0.05, 0.1) is 24.4 Å². The number of rotatable bonds is 0. The maximum atomic E-state index is 6.34. The van der Waals surface area contributed by atoms with Crippen molar-refractivity contribution in [2.75, 3.05) is 0 Å². The van der Waals surface area contributed by atoms with Gasteiger partial charge in [-0.25, -0.2) is 0 Å². The van der Waals surface area contributed by atoms with Gasteiger partial charge in [0.25, 0.3) is 0 Å². The number of fused-ring (bicyclic) bond motifs is 15.